The summed E-state index contributed by atoms with van der Waals surface area (Å²) in [5, 5.41) is 5.89. The molecule has 2 amide bonds. The van der Waals surface area contributed by atoms with Gasteiger partial charge in [-0.15, -0.1) is 0 Å². The van der Waals surface area contributed by atoms with E-state index in [4.69, 9.17) is 0 Å². The number of aromatic nitrogens is 3. The third kappa shape index (κ3) is 4.50. The molecule has 0 aliphatic carbocycles. The van der Waals surface area contributed by atoms with E-state index in [9.17, 15) is 9.59 Å². The predicted octanol–water partition coefficient (Wildman–Crippen LogP) is 4.10. The van der Waals surface area contributed by atoms with Crippen molar-refractivity contribution in [2.45, 2.75) is 0 Å². The second-order valence-electron chi connectivity index (χ2n) is 5.99. The molecule has 0 atom stereocenters. The number of nitrogens with zero attached hydrogens (tertiary/aromatic N) is 3. The Balaban J connectivity index is 1.41. The number of carbonyl (C=O) groups excluding carboxylic acids is 2. The van der Waals surface area contributed by atoms with Crippen LogP contribution in [0.15, 0.2) is 79.0 Å². The number of anilines is 2. The van der Waals surface area contributed by atoms with Crippen molar-refractivity contribution in [1.29, 1.82) is 0 Å². The molecular weight excluding hydrogens is 386 g/mol. The molecule has 2 heterocycles. The Morgan fingerprint density at radius 1 is 0.759 bits per heavy atom. The van der Waals surface area contributed by atoms with Gasteiger partial charge in [0.15, 0.2) is 5.82 Å². The average molecular weight is 401 g/mol. The van der Waals surface area contributed by atoms with E-state index in [1.807, 2.05) is 30.3 Å². The standard InChI is InChI=1S/C21H15N5O2S/c27-19(23-16-6-2-1-3-7-16)14-9-11-15(12-10-14)20(28)25-21-24-18(26-29-21)17-8-4-5-13-22-17/h1-13H,(H,23,27)(H,24,25,26,28). The highest BCUT2D eigenvalue weighted by atomic mass is 32.1. The molecule has 0 radical (unpaired) electrons. The second kappa shape index (κ2) is 8.41. The van der Waals surface area contributed by atoms with Crippen molar-refractivity contribution >= 4 is 34.2 Å². The van der Waals surface area contributed by atoms with Crippen LogP contribution >= 0.6 is 11.5 Å². The second-order valence-corrected chi connectivity index (χ2v) is 6.74. The predicted molar refractivity (Wildman–Crippen MR) is 112 cm³/mol. The van der Waals surface area contributed by atoms with Gasteiger partial charge in [0.2, 0.25) is 5.13 Å². The van der Waals surface area contributed by atoms with Crippen LogP contribution in [0.1, 0.15) is 20.7 Å². The number of para-hydroxylation sites is 1. The van der Waals surface area contributed by atoms with Crippen LogP contribution in [0.4, 0.5) is 10.8 Å². The van der Waals surface area contributed by atoms with Crippen molar-refractivity contribution < 1.29 is 9.59 Å². The lowest BCUT2D eigenvalue weighted by atomic mass is 10.1. The van der Waals surface area contributed by atoms with Crippen molar-refractivity contribution in [3.63, 3.8) is 0 Å². The highest BCUT2D eigenvalue weighted by Crippen LogP contribution is 2.19. The van der Waals surface area contributed by atoms with Gasteiger partial charge in [-0.2, -0.15) is 9.36 Å². The summed E-state index contributed by atoms with van der Waals surface area (Å²) < 4.78 is 4.21. The number of benzene rings is 2. The quantitative estimate of drug-likeness (QED) is 0.525. The summed E-state index contributed by atoms with van der Waals surface area (Å²) >= 11 is 1.08. The summed E-state index contributed by atoms with van der Waals surface area (Å²) in [6.45, 7) is 0. The summed E-state index contributed by atoms with van der Waals surface area (Å²) in [7, 11) is 0. The zero-order chi connectivity index (χ0) is 20.1. The van der Waals surface area contributed by atoms with Gasteiger partial charge in [0.1, 0.15) is 5.69 Å². The van der Waals surface area contributed by atoms with Crippen LogP contribution in [0, 0.1) is 0 Å². The number of amides is 2. The fraction of sp³-hybridized carbons (Fsp3) is 0. The fourth-order valence-electron chi connectivity index (χ4n) is 2.54. The first-order valence-electron chi connectivity index (χ1n) is 8.72. The highest BCUT2D eigenvalue weighted by Gasteiger charge is 2.13. The van der Waals surface area contributed by atoms with E-state index in [2.05, 4.69) is 25.0 Å². The fourth-order valence-corrected chi connectivity index (χ4v) is 3.11. The molecule has 2 N–H and O–H groups in total. The van der Waals surface area contributed by atoms with Crippen LogP contribution < -0.4 is 10.6 Å². The summed E-state index contributed by atoms with van der Waals surface area (Å²) in [6, 6.07) is 21.0. The third-order valence-corrected chi connectivity index (χ3v) is 4.61. The lowest BCUT2D eigenvalue weighted by Crippen LogP contribution is -2.14. The average Bonchev–Trinajstić information content (AvgIpc) is 3.23. The molecule has 0 bridgehead atoms. The molecule has 7 nitrogen and oxygen atoms in total. The van der Waals surface area contributed by atoms with Gasteiger partial charge in [-0.1, -0.05) is 24.3 Å². The zero-order valence-corrected chi connectivity index (χ0v) is 15.9. The molecule has 2 aromatic heterocycles. The molecule has 0 saturated heterocycles. The maximum Gasteiger partial charge on any atom is 0.257 e. The van der Waals surface area contributed by atoms with Gasteiger partial charge in [-0.25, -0.2) is 0 Å². The topological polar surface area (TPSA) is 96.9 Å². The Bertz CT molecular complexity index is 1130. The minimum Gasteiger partial charge on any atom is -0.322 e. The molecule has 0 aliphatic heterocycles. The van der Waals surface area contributed by atoms with Crippen LogP contribution in [0.2, 0.25) is 0 Å². The number of rotatable bonds is 5. The van der Waals surface area contributed by atoms with Gasteiger partial charge >= 0.3 is 0 Å². The van der Waals surface area contributed by atoms with E-state index in [0.717, 1.165) is 11.5 Å². The smallest absolute Gasteiger partial charge is 0.257 e. The van der Waals surface area contributed by atoms with Crippen LogP contribution in [0.5, 0.6) is 0 Å². The van der Waals surface area contributed by atoms with E-state index in [1.54, 1.807) is 48.7 Å². The SMILES string of the molecule is O=C(Nc1ccccc1)c1ccc(C(=O)Nc2nc(-c3ccccn3)ns2)cc1. The van der Waals surface area contributed by atoms with E-state index in [0.29, 0.717) is 33.5 Å². The molecule has 142 valence electrons. The monoisotopic (exact) mass is 401 g/mol. The van der Waals surface area contributed by atoms with Crippen LogP contribution in [-0.2, 0) is 0 Å². The van der Waals surface area contributed by atoms with Gasteiger partial charge in [-0.3, -0.25) is 19.9 Å². The van der Waals surface area contributed by atoms with E-state index >= 15 is 0 Å². The molecule has 0 spiro atoms. The van der Waals surface area contributed by atoms with Crippen molar-refractivity contribution in [3.05, 3.63) is 90.1 Å². The summed E-state index contributed by atoms with van der Waals surface area (Å²) in [5.74, 6) is -0.116. The van der Waals surface area contributed by atoms with E-state index < -0.39 is 0 Å². The number of hydrogen-bond acceptors (Lipinski definition) is 6. The van der Waals surface area contributed by atoms with Gasteiger partial charge in [0.05, 0.1) is 0 Å². The maximum absolute atomic E-state index is 12.4. The highest BCUT2D eigenvalue weighted by molar-refractivity contribution is 7.10. The van der Waals surface area contributed by atoms with Crippen molar-refractivity contribution in [2.75, 3.05) is 10.6 Å². The normalized spacial score (nSPS) is 10.3. The molecule has 4 aromatic rings. The Hall–Kier alpha value is -3.91. The number of hydrogen-bond donors (Lipinski definition) is 2. The Morgan fingerprint density at radius 3 is 2.07 bits per heavy atom. The van der Waals surface area contributed by atoms with Crippen molar-refractivity contribution in [2.24, 2.45) is 0 Å². The first-order valence-corrected chi connectivity index (χ1v) is 9.49. The Labute approximate surface area is 170 Å². The maximum atomic E-state index is 12.4. The van der Waals surface area contributed by atoms with Crippen molar-refractivity contribution in [3.8, 4) is 11.5 Å². The first kappa shape index (κ1) is 18.5. The third-order valence-electron chi connectivity index (χ3n) is 3.98. The molecule has 8 heteroatoms. The molecule has 0 fully saturated rings. The van der Waals surface area contributed by atoms with Crippen LogP contribution in [0.25, 0.3) is 11.5 Å². The number of pyridine rings is 1. The van der Waals surface area contributed by atoms with Crippen LogP contribution in [-0.4, -0.2) is 26.2 Å². The minimum atomic E-state index is -0.330. The number of carbonyl (C=O) groups is 2. The molecule has 0 saturated carbocycles. The summed E-state index contributed by atoms with van der Waals surface area (Å²) in [6.07, 6.45) is 1.66. The lowest BCUT2D eigenvalue weighted by molar-refractivity contribution is 0.101. The molecule has 2 aromatic carbocycles. The van der Waals surface area contributed by atoms with Crippen LogP contribution in [0.3, 0.4) is 0 Å². The van der Waals surface area contributed by atoms with E-state index in [1.165, 1.54) is 0 Å². The molecule has 0 aliphatic rings. The largest absolute Gasteiger partial charge is 0.322 e. The molecule has 0 unspecified atom stereocenters. The lowest BCUT2D eigenvalue weighted by Gasteiger charge is -2.06. The van der Waals surface area contributed by atoms with E-state index in [-0.39, 0.29) is 11.8 Å². The van der Waals surface area contributed by atoms with Gasteiger partial charge < -0.3 is 5.32 Å². The minimum absolute atomic E-state index is 0.243. The van der Waals surface area contributed by atoms with Crippen molar-refractivity contribution in [1.82, 2.24) is 14.3 Å². The number of nitrogens with one attached hydrogen (secondary N) is 2. The molecule has 4 rings (SSSR count). The van der Waals surface area contributed by atoms with Gasteiger partial charge in [0, 0.05) is 34.5 Å². The molecule has 29 heavy (non-hydrogen) atoms. The van der Waals surface area contributed by atoms with Gasteiger partial charge in [-0.05, 0) is 48.5 Å². The Kier molecular flexibility index (Phi) is 5.35. The Morgan fingerprint density at radius 2 is 1.41 bits per heavy atom. The summed E-state index contributed by atoms with van der Waals surface area (Å²) in [5.41, 5.74) is 2.21. The summed E-state index contributed by atoms with van der Waals surface area (Å²) in [4.78, 5) is 33.2. The first-order chi connectivity index (χ1) is 14.2. The van der Waals surface area contributed by atoms with Gasteiger partial charge in [0.25, 0.3) is 11.8 Å². The zero-order valence-electron chi connectivity index (χ0n) is 15.1. The molecular formula is C21H15N5O2S.